The Hall–Kier alpha value is -3.02. The summed E-state index contributed by atoms with van der Waals surface area (Å²) in [4.78, 5) is 16.4. The fourth-order valence-corrected chi connectivity index (χ4v) is 2.39. The van der Waals surface area contributed by atoms with E-state index in [-0.39, 0.29) is 5.91 Å². The molecular weight excluding hydrogens is 302 g/mol. The first-order chi connectivity index (χ1) is 11.5. The number of aromatic nitrogens is 4. The van der Waals surface area contributed by atoms with Crippen LogP contribution < -0.4 is 5.32 Å². The number of benzene rings is 1. The molecule has 2 aromatic heterocycles. The molecule has 3 rings (SSSR count). The number of hydrogen-bond acceptors (Lipinski definition) is 4. The van der Waals surface area contributed by atoms with Gasteiger partial charge in [0.1, 0.15) is 6.33 Å². The van der Waals surface area contributed by atoms with Crippen molar-refractivity contribution < 1.29 is 4.79 Å². The Kier molecular flexibility index (Phi) is 4.37. The Morgan fingerprint density at radius 1 is 1.12 bits per heavy atom. The lowest BCUT2D eigenvalue weighted by Crippen LogP contribution is -2.24. The van der Waals surface area contributed by atoms with Crippen molar-refractivity contribution in [3.05, 3.63) is 70.9 Å². The summed E-state index contributed by atoms with van der Waals surface area (Å²) in [5.41, 5.74) is 4.61. The second-order valence-corrected chi connectivity index (χ2v) is 5.81. The summed E-state index contributed by atoms with van der Waals surface area (Å²) in [7, 11) is 0. The average Bonchev–Trinajstić information content (AvgIpc) is 3.02. The molecule has 122 valence electrons. The Bertz CT molecular complexity index is 867. The van der Waals surface area contributed by atoms with Gasteiger partial charge in [-0.2, -0.15) is 0 Å². The van der Waals surface area contributed by atoms with Crippen LogP contribution in [-0.2, 0) is 6.54 Å². The first-order valence-corrected chi connectivity index (χ1v) is 7.72. The van der Waals surface area contributed by atoms with Gasteiger partial charge in [-0.1, -0.05) is 23.8 Å². The maximum absolute atomic E-state index is 12.2. The summed E-state index contributed by atoms with van der Waals surface area (Å²) in [6.45, 7) is 6.44. The second kappa shape index (κ2) is 6.62. The monoisotopic (exact) mass is 321 g/mol. The van der Waals surface area contributed by atoms with Crippen molar-refractivity contribution in [3.8, 4) is 5.82 Å². The first kappa shape index (κ1) is 15.9. The number of amides is 1. The third-order valence-corrected chi connectivity index (χ3v) is 3.80. The van der Waals surface area contributed by atoms with Crippen LogP contribution in [0, 0.1) is 20.8 Å². The van der Waals surface area contributed by atoms with Crippen LogP contribution in [0.4, 0.5) is 0 Å². The Morgan fingerprint density at radius 2 is 1.96 bits per heavy atom. The molecule has 0 atom stereocenters. The second-order valence-electron chi connectivity index (χ2n) is 5.81. The van der Waals surface area contributed by atoms with E-state index in [1.54, 1.807) is 23.0 Å². The molecule has 0 saturated carbocycles. The minimum absolute atomic E-state index is 0.239. The predicted molar refractivity (Wildman–Crippen MR) is 91.0 cm³/mol. The van der Waals surface area contributed by atoms with Crippen molar-refractivity contribution in [2.24, 2.45) is 0 Å². The number of hydrogen-bond donors (Lipinski definition) is 1. The Morgan fingerprint density at radius 3 is 2.62 bits per heavy atom. The fraction of sp³-hybridized carbons (Fsp3) is 0.222. The molecule has 6 heteroatoms. The highest BCUT2D eigenvalue weighted by atomic mass is 16.1. The molecule has 0 unspecified atom stereocenters. The van der Waals surface area contributed by atoms with Crippen LogP contribution in [0.25, 0.3) is 5.82 Å². The zero-order chi connectivity index (χ0) is 17.1. The van der Waals surface area contributed by atoms with Crippen LogP contribution >= 0.6 is 0 Å². The van der Waals surface area contributed by atoms with Crippen LogP contribution in [0.15, 0.2) is 42.9 Å². The van der Waals surface area contributed by atoms with E-state index in [1.807, 2.05) is 27.0 Å². The zero-order valence-corrected chi connectivity index (χ0v) is 13.9. The van der Waals surface area contributed by atoms with Crippen molar-refractivity contribution in [2.45, 2.75) is 27.3 Å². The molecule has 0 fully saturated rings. The molecule has 24 heavy (non-hydrogen) atoms. The first-order valence-electron chi connectivity index (χ1n) is 7.72. The van der Waals surface area contributed by atoms with Crippen molar-refractivity contribution in [1.29, 1.82) is 0 Å². The molecule has 6 nitrogen and oxygen atoms in total. The maximum atomic E-state index is 12.2. The summed E-state index contributed by atoms with van der Waals surface area (Å²) >= 11 is 0. The van der Waals surface area contributed by atoms with E-state index in [9.17, 15) is 4.79 Å². The van der Waals surface area contributed by atoms with Gasteiger partial charge in [0.05, 0.1) is 5.69 Å². The predicted octanol–water partition coefficient (Wildman–Crippen LogP) is 2.52. The number of rotatable bonds is 4. The topological polar surface area (TPSA) is 72.7 Å². The highest BCUT2D eigenvalue weighted by Gasteiger charge is 2.09. The van der Waals surface area contributed by atoms with Gasteiger partial charge in [0, 0.05) is 12.7 Å². The lowest BCUT2D eigenvalue weighted by atomic mass is 10.1. The molecule has 0 radical (unpaired) electrons. The zero-order valence-electron chi connectivity index (χ0n) is 13.9. The molecule has 0 saturated heterocycles. The van der Waals surface area contributed by atoms with Gasteiger partial charge < -0.3 is 5.32 Å². The SMILES string of the molecule is Cc1ccc(C)c(CNC(=O)c2ccc(-n3cnc(C)c3)nn2)c1. The fourth-order valence-electron chi connectivity index (χ4n) is 2.39. The summed E-state index contributed by atoms with van der Waals surface area (Å²) in [5.74, 6) is 0.387. The average molecular weight is 321 g/mol. The van der Waals surface area contributed by atoms with Crippen LogP contribution in [-0.4, -0.2) is 25.7 Å². The van der Waals surface area contributed by atoms with Gasteiger partial charge in [-0.05, 0) is 44.0 Å². The minimum atomic E-state index is -0.239. The van der Waals surface area contributed by atoms with Crippen molar-refractivity contribution in [3.63, 3.8) is 0 Å². The number of imidazole rings is 1. The Labute approximate surface area is 140 Å². The highest BCUT2D eigenvalue weighted by molar-refractivity contribution is 5.92. The normalized spacial score (nSPS) is 10.6. The molecule has 0 aliphatic rings. The van der Waals surface area contributed by atoms with Crippen molar-refractivity contribution in [2.75, 3.05) is 0 Å². The van der Waals surface area contributed by atoms with E-state index < -0.39 is 0 Å². The molecule has 1 aromatic carbocycles. The molecule has 2 heterocycles. The van der Waals surface area contributed by atoms with Crippen molar-refractivity contribution >= 4 is 5.91 Å². The van der Waals surface area contributed by atoms with Gasteiger partial charge in [-0.3, -0.25) is 9.36 Å². The number of carbonyl (C=O) groups is 1. The summed E-state index contributed by atoms with van der Waals surface area (Å²) < 4.78 is 1.76. The number of carbonyl (C=O) groups excluding carboxylic acids is 1. The lowest BCUT2D eigenvalue weighted by molar-refractivity contribution is 0.0945. The minimum Gasteiger partial charge on any atom is -0.347 e. The molecule has 0 bridgehead atoms. The maximum Gasteiger partial charge on any atom is 0.272 e. The largest absolute Gasteiger partial charge is 0.347 e. The van der Waals surface area contributed by atoms with E-state index in [0.717, 1.165) is 16.8 Å². The molecule has 1 amide bonds. The van der Waals surface area contributed by atoms with Gasteiger partial charge in [0.25, 0.3) is 5.91 Å². The van der Waals surface area contributed by atoms with Gasteiger partial charge in [0.15, 0.2) is 11.5 Å². The summed E-state index contributed by atoms with van der Waals surface area (Å²) in [6, 6.07) is 9.60. The van der Waals surface area contributed by atoms with E-state index in [0.29, 0.717) is 18.1 Å². The van der Waals surface area contributed by atoms with Gasteiger partial charge in [0.2, 0.25) is 0 Å². The lowest BCUT2D eigenvalue weighted by Gasteiger charge is -2.09. The Balaban J connectivity index is 1.68. The third kappa shape index (κ3) is 3.48. The summed E-state index contributed by atoms with van der Waals surface area (Å²) in [6.07, 6.45) is 3.52. The van der Waals surface area contributed by atoms with Crippen LogP contribution in [0.5, 0.6) is 0 Å². The number of nitrogens with zero attached hydrogens (tertiary/aromatic N) is 4. The van der Waals surface area contributed by atoms with Crippen LogP contribution in [0.1, 0.15) is 32.9 Å². The van der Waals surface area contributed by atoms with Crippen LogP contribution in [0.2, 0.25) is 0 Å². The van der Waals surface area contributed by atoms with E-state index in [4.69, 9.17) is 0 Å². The molecule has 0 aliphatic heterocycles. The van der Waals surface area contributed by atoms with E-state index in [2.05, 4.69) is 38.7 Å². The smallest absolute Gasteiger partial charge is 0.272 e. The van der Waals surface area contributed by atoms with E-state index in [1.165, 1.54) is 5.56 Å². The molecular formula is C18H19N5O. The van der Waals surface area contributed by atoms with Gasteiger partial charge in [-0.15, -0.1) is 10.2 Å². The number of aryl methyl sites for hydroxylation is 3. The highest BCUT2D eigenvalue weighted by Crippen LogP contribution is 2.11. The molecule has 1 N–H and O–H groups in total. The number of nitrogens with one attached hydrogen (secondary N) is 1. The van der Waals surface area contributed by atoms with Gasteiger partial charge in [-0.25, -0.2) is 4.98 Å². The molecule has 0 aliphatic carbocycles. The van der Waals surface area contributed by atoms with E-state index >= 15 is 0 Å². The van der Waals surface area contributed by atoms with Gasteiger partial charge >= 0.3 is 0 Å². The third-order valence-electron chi connectivity index (χ3n) is 3.80. The molecule has 3 aromatic rings. The van der Waals surface area contributed by atoms with Crippen LogP contribution in [0.3, 0.4) is 0 Å². The van der Waals surface area contributed by atoms with Crippen molar-refractivity contribution in [1.82, 2.24) is 25.1 Å². The molecule has 0 spiro atoms. The standard InChI is InChI=1S/C18H19N5O/c1-12-4-5-13(2)15(8-12)9-19-18(24)16-6-7-17(22-21-16)23-10-14(3)20-11-23/h4-8,10-11H,9H2,1-3H3,(H,19,24). The quantitative estimate of drug-likeness (QED) is 0.801. The summed E-state index contributed by atoms with van der Waals surface area (Å²) in [5, 5.41) is 11.0.